The number of β-amino-alcohol motifs (C(OH)–C–C–N with tert-alkyl or cyclic N) is 1. The minimum atomic E-state index is -0.681. The summed E-state index contributed by atoms with van der Waals surface area (Å²) in [7, 11) is 1.79. The van der Waals surface area contributed by atoms with E-state index in [0.717, 1.165) is 12.8 Å². The van der Waals surface area contributed by atoms with Gasteiger partial charge in [0.05, 0.1) is 23.7 Å². The fourth-order valence-corrected chi connectivity index (χ4v) is 2.58. The largest absolute Gasteiger partial charge is 0.386 e. The number of rotatable bonds is 3. The highest BCUT2D eigenvalue weighted by Crippen LogP contribution is 2.27. The van der Waals surface area contributed by atoms with Gasteiger partial charge in [-0.1, -0.05) is 24.9 Å². The van der Waals surface area contributed by atoms with Gasteiger partial charge in [-0.15, -0.1) is 0 Å². The second kappa shape index (κ2) is 4.35. The SMILES string of the molecule is CCCC1(O)CN(C(=O)c2cc(Cl)cn2C)C1. The van der Waals surface area contributed by atoms with Crippen molar-refractivity contribution in [2.24, 2.45) is 7.05 Å². The van der Waals surface area contributed by atoms with E-state index in [4.69, 9.17) is 11.6 Å². The standard InChI is InChI=1S/C12H17ClN2O2/c1-3-4-12(17)7-15(8-12)11(16)10-5-9(13)6-14(10)2/h5-6,17H,3-4,7-8H2,1-2H3. The second-order valence-corrected chi connectivity index (χ2v) is 5.23. The number of aromatic nitrogens is 1. The summed E-state index contributed by atoms with van der Waals surface area (Å²) in [4.78, 5) is 13.7. The van der Waals surface area contributed by atoms with Gasteiger partial charge in [0.1, 0.15) is 5.69 Å². The van der Waals surface area contributed by atoms with Crippen LogP contribution in [0.1, 0.15) is 30.3 Å². The Morgan fingerprint density at radius 1 is 1.59 bits per heavy atom. The first kappa shape index (κ1) is 12.5. The van der Waals surface area contributed by atoms with Gasteiger partial charge < -0.3 is 14.6 Å². The molecule has 1 N–H and O–H groups in total. The summed E-state index contributed by atoms with van der Waals surface area (Å²) in [6.45, 7) is 2.87. The van der Waals surface area contributed by atoms with Gasteiger partial charge >= 0.3 is 0 Å². The average Bonchev–Trinajstić information content (AvgIpc) is 2.53. The third-order valence-electron chi connectivity index (χ3n) is 3.16. The molecule has 0 radical (unpaired) electrons. The molecule has 1 aliphatic rings. The fraction of sp³-hybridized carbons (Fsp3) is 0.583. The van der Waals surface area contributed by atoms with Crippen LogP contribution in [0, 0.1) is 0 Å². The normalized spacial score (nSPS) is 18.0. The van der Waals surface area contributed by atoms with Gasteiger partial charge in [-0.05, 0) is 12.5 Å². The van der Waals surface area contributed by atoms with Crippen molar-refractivity contribution in [2.75, 3.05) is 13.1 Å². The molecule has 0 aliphatic carbocycles. The Morgan fingerprint density at radius 3 is 2.71 bits per heavy atom. The first-order chi connectivity index (χ1) is 7.95. The van der Waals surface area contributed by atoms with Crippen molar-refractivity contribution >= 4 is 17.5 Å². The van der Waals surface area contributed by atoms with E-state index in [-0.39, 0.29) is 5.91 Å². The zero-order valence-corrected chi connectivity index (χ0v) is 10.9. The molecule has 1 aliphatic heterocycles. The zero-order valence-electron chi connectivity index (χ0n) is 10.1. The van der Waals surface area contributed by atoms with Crippen LogP contribution in [0.15, 0.2) is 12.3 Å². The molecule has 4 nitrogen and oxygen atoms in total. The van der Waals surface area contributed by atoms with Gasteiger partial charge in [0.25, 0.3) is 5.91 Å². The van der Waals surface area contributed by atoms with Gasteiger partial charge in [-0.25, -0.2) is 0 Å². The minimum absolute atomic E-state index is 0.0693. The molecular formula is C12H17ClN2O2. The van der Waals surface area contributed by atoms with Gasteiger partial charge in [0, 0.05) is 13.2 Å². The Labute approximate surface area is 106 Å². The average molecular weight is 257 g/mol. The predicted octanol–water partition coefficient (Wildman–Crippen LogP) is 1.67. The van der Waals surface area contributed by atoms with Crippen LogP contribution in [0.3, 0.4) is 0 Å². The number of nitrogens with zero attached hydrogens (tertiary/aromatic N) is 2. The Kier molecular flexibility index (Phi) is 3.19. The molecule has 0 saturated carbocycles. The number of carbonyl (C=O) groups excluding carboxylic acids is 1. The number of likely N-dealkylation sites (tertiary alicyclic amines) is 1. The third kappa shape index (κ3) is 2.33. The lowest BCUT2D eigenvalue weighted by molar-refractivity contribution is -0.0862. The van der Waals surface area contributed by atoms with E-state index in [0.29, 0.717) is 23.8 Å². The number of aliphatic hydroxyl groups is 1. The summed E-state index contributed by atoms with van der Waals surface area (Å²) < 4.78 is 1.71. The second-order valence-electron chi connectivity index (χ2n) is 4.79. The number of halogens is 1. The van der Waals surface area contributed by atoms with Crippen molar-refractivity contribution in [3.8, 4) is 0 Å². The van der Waals surface area contributed by atoms with Crippen molar-refractivity contribution < 1.29 is 9.90 Å². The fourth-order valence-electron chi connectivity index (χ4n) is 2.33. The summed E-state index contributed by atoms with van der Waals surface area (Å²) in [5.41, 5.74) is -0.118. The van der Waals surface area contributed by atoms with Gasteiger partial charge in [-0.3, -0.25) is 4.79 Å². The molecule has 0 bridgehead atoms. The van der Waals surface area contributed by atoms with Crippen LogP contribution in [-0.2, 0) is 7.05 Å². The topological polar surface area (TPSA) is 45.5 Å². The highest BCUT2D eigenvalue weighted by molar-refractivity contribution is 6.31. The molecule has 0 spiro atoms. The van der Waals surface area contributed by atoms with E-state index in [1.54, 1.807) is 28.8 Å². The summed E-state index contributed by atoms with van der Waals surface area (Å²) in [5, 5.41) is 10.6. The van der Waals surface area contributed by atoms with Gasteiger partial charge in [0.2, 0.25) is 0 Å². The maximum absolute atomic E-state index is 12.1. The minimum Gasteiger partial charge on any atom is -0.386 e. The van der Waals surface area contributed by atoms with E-state index in [1.165, 1.54) is 0 Å². The number of amides is 1. The molecule has 2 rings (SSSR count). The molecule has 1 aromatic rings. The third-order valence-corrected chi connectivity index (χ3v) is 3.37. The Morgan fingerprint density at radius 2 is 2.24 bits per heavy atom. The molecule has 0 atom stereocenters. The number of hydrogen-bond acceptors (Lipinski definition) is 2. The quantitative estimate of drug-likeness (QED) is 0.894. The molecule has 0 unspecified atom stereocenters. The number of carbonyl (C=O) groups is 1. The molecule has 1 aromatic heterocycles. The molecule has 5 heteroatoms. The first-order valence-corrected chi connectivity index (χ1v) is 6.16. The lowest BCUT2D eigenvalue weighted by atomic mass is 9.89. The lowest BCUT2D eigenvalue weighted by Gasteiger charge is -2.46. The molecule has 17 heavy (non-hydrogen) atoms. The highest BCUT2D eigenvalue weighted by Gasteiger charge is 2.43. The van der Waals surface area contributed by atoms with E-state index in [2.05, 4.69) is 0 Å². The van der Waals surface area contributed by atoms with Gasteiger partial charge in [-0.2, -0.15) is 0 Å². The van der Waals surface area contributed by atoms with E-state index in [9.17, 15) is 9.90 Å². The van der Waals surface area contributed by atoms with Crippen LogP contribution in [0.4, 0.5) is 0 Å². The van der Waals surface area contributed by atoms with Crippen LogP contribution in [-0.4, -0.2) is 39.2 Å². The van der Waals surface area contributed by atoms with Crippen molar-refractivity contribution in [3.63, 3.8) is 0 Å². The Balaban J connectivity index is 2.02. The molecule has 2 heterocycles. The number of aryl methyl sites for hydroxylation is 1. The molecular weight excluding hydrogens is 240 g/mol. The smallest absolute Gasteiger partial charge is 0.270 e. The Bertz CT molecular complexity index is 436. The predicted molar refractivity (Wildman–Crippen MR) is 66.2 cm³/mol. The summed E-state index contributed by atoms with van der Waals surface area (Å²) >= 11 is 5.84. The van der Waals surface area contributed by atoms with Crippen LogP contribution >= 0.6 is 11.6 Å². The van der Waals surface area contributed by atoms with Crippen LogP contribution in [0.2, 0.25) is 5.02 Å². The first-order valence-electron chi connectivity index (χ1n) is 5.79. The summed E-state index contributed by atoms with van der Waals surface area (Å²) in [6.07, 6.45) is 3.37. The molecule has 0 aromatic carbocycles. The monoisotopic (exact) mass is 256 g/mol. The zero-order chi connectivity index (χ0) is 12.6. The van der Waals surface area contributed by atoms with Crippen molar-refractivity contribution in [3.05, 3.63) is 23.0 Å². The molecule has 1 amide bonds. The van der Waals surface area contributed by atoms with Crippen LogP contribution in [0.25, 0.3) is 0 Å². The summed E-state index contributed by atoms with van der Waals surface area (Å²) in [6, 6.07) is 1.65. The van der Waals surface area contributed by atoms with Crippen molar-refractivity contribution in [1.29, 1.82) is 0 Å². The molecule has 94 valence electrons. The molecule has 1 fully saturated rings. The van der Waals surface area contributed by atoms with Crippen molar-refractivity contribution in [1.82, 2.24) is 9.47 Å². The highest BCUT2D eigenvalue weighted by atomic mass is 35.5. The van der Waals surface area contributed by atoms with Crippen LogP contribution < -0.4 is 0 Å². The number of hydrogen-bond donors (Lipinski definition) is 1. The van der Waals surface area contributed by atoms with Crippen LogP contribution in [0.5, 0.6) is 0 Å². The van der Waals surface area contributed by atoms with Crippen molar-refractivity contribution in [2.45, 2.75) is 25.4 Å². The van der Waals surface area contributed by atoms with E-state index < -0.39 is 5.60 Å². The maximum Gasteiger partial charge on any atom is 0.270 e. The maximum atomic E-state index is 12.1. The van der Waals surface area contributed by atoms with Gasteiger partial charge in [0.15, 0.2) is 0 Å². The molecule has 1 saturated heterocycles. The summed E-state index contributed by atoms with van der Waals surface area (Å²) in [5.74, 6) is -0.0693. The van der Waals surface area contributed by atoms with E-state index >= 15 is 0 Å². The van der Waals surface area contributed by atoms with E-state index in [1.807, 2.05) is 6.92 Å². The Hall–Kier alpha value is -1.00. The lowest BCUT2D eigenvalue weighted by Crippen LogP contribution is -2.63.